The second-order valence-corrected chi connectivity index (χ2v) is 5.55. The fourth-order valence-electron chi connectivity index (χ4n) is 2.24. The molecule has 0 amide bonds. The lowest BCUT2D eigenvalue weighted by molar-refractivity contribution is -0.176. The third-order valence-electron chi connectivity index (χ3n) is 3.57. The zero-order valence-corrected chi connectivity index (χ0v) is 15.4. The van der Waals surface area contributed by atoms with Crippen LogP contribution in [0.15, 0.2) is 60.7 Å². The molecule has 0 bridgehead atoms. The standard InChI is InChI=1S/C18H14O8.C2H6O/c19-13(11-7-3-1-4-8-11)18(17(24)25,14(20)15(21)22)26-16(23)12-9-5-2-6-10-12;1-2-3/h1-10,14,20H,(H,21,22)(H,24,25);3H,2H2,1H3/t14?,18-;/m1./s1. The number of aliphatic hydroxyl groups excluding tert-OH is 2. The number of carboxylic acids is 2. The molecule has 2 rings (SSSR count). The maximum Gasteiger partial charge on any atom is 0.360 e. The summed E-state index contributed by atoms with van der Waals surface area (Å²) < 4.78 is 4.81. The van der Waals surface area contributed by atoms with Crippen LogP contribution in [0.1, 0.15) is 27.6 Å². The van der Waals surface area contributed by atoms with Gasteiger partial charge in [0, 0.05) is 12.2 Å². The van der Waals surface area contributed by atoms with E-state index in [0.29, 0.717) is 0 Å². The number of ketones is 1. The summed E-state index contributed by atoms with van der Waals surface area (Å²) in [4.78, 5) is 48.1. The lowest BCUT2D eigenvalue weighted by Gasteiger charge is -2.30. The van der Waals surface area contributed by atoms with Crippen LogP contribution in [0.5, 0.6) is 0 Å². The summed E-state index contributed by atoms with van der Waals surface area (Å²) in [5, 5.41) is 36.2. The Hall–Kier alpha value is -3.56. The SMILES string of the molecule is CCO.O=C(O[C@](C(=O)O)(C(=O)c1ccccc1)C(O)C(=O)O)c1ccccc1. The van der Waals surface area contributed by atoms with Crippen molar-refractivity contribution in [2.75, 3.05) is 6.61 Å². The number of carboxylic acid groups (broad SMARTS) is 2. The van der Waals surface area contributed by atoms with E-state index in [-0.39, 0.29) is 17.7 Å². The fourth-order valence-corrected chi connectivity index (χ4v) is 2.24. The van der Waals surface area contributed by atoms with Crippen LogP contribution in [0.4, 0.5) is 0 Å². The van der Waals surface area contributed by atoms with E-state index in [4.69, 9.17) is 14.9 Å². The molecule has 4 N–H and O–H groups in total. The molecule has 0 radical (unpaired) electrons. The first-order valence-electron chi connectivity index (χ1n) is 8.35. The summed E-state index contributed by atoms with van der Waals surface area (Å²) in [5.74, 6) is -6.77. The van der Waals surface area contributed by atoms with Crippen LogP contribution >= 0.6 is 0 Å². The Morgan fingerprint density at radius 3 is 1.69 bits per heavy atom. The summed E-state index contributed by atoms with van der Waals surface area (Å²) in [7, 11) is 0. The topological polar surface area (TPSA) is 158 Å². The van der Waals surface area contributed by atoms with Gasteiger partial charge >= 0.3 is 23.5 Å². The van der Waals surface area contributed by atoms with E-state index in [1.54, 1.807) is 19.1 Å². The average Bonchev–Trinajstić information content (AvgIpc) is 2.72. The summed E-state index contributed by atoms with van der Waals surface area (Å²) in [6, 6.07) is 13.9. The van der Waals surface area contributed by atoms with Gasteiger partial charge in [0.25, 0.3) is 0 Å². The molecule has 0 aliphatic heterocycles. The van der Waals surface area contributed by atoms with Crippen LogP contribution in [0.3, 0.4) is 0 Å². The number of ether oxygens (including phenoxy) is 1. The molecule has 2 aromatic carbocycles. The third-order valence-corrected chi connectivity index (χ3v) is 3.57. The van der Waals surface area contributed by atoms with Gasteiger partial charge in [-0.25, -0.2) is 14.4 Å². The molecule has 154 valence electrons. The van der Waals surface area contributed by atoms with Gasteiger partial charge in [-0.2, -0.15) is 0 Å². The van der Waals surface area contributed by atoms with Crippen molar-refractivity contribution in [2.24, 2.45) is 0 Å². The first kappa shape index (κ1) is 23.5. The van der Waals surface area contributed by atoms with Gasteiger partial charge in [-0.1, -0.05) is 48.5 Å². The Labute approximate surface area is 165 Å². The van der Waals surface area contributed by atoms with E-state index in [0.717, 1.165) is 0 Å². The lowest BCUT2D eigenvalue weighted by Crippen LogP contribution is -2.61. The molecule has 9 nitrogen and oxygen atoms in total. The highest BCUT2D eigenvalue weighted by atomic mass is 16.6. The number of carbonyl (C=O) groups is 4. The molecule has 29 heavy (non-hydrogen) atoms. The summed E-state index contributed by atoms with van der Waals surface area (Å²) in [6.45, 7) is 1.93. The van der Waals surface area contributed by atoms with E-state index in [1.807, 2.05) is 0 Å². The van der Waals surface area contributed by atoms with Crippen LogP contribution < -0.4 is 0 Å². The molecular formula is C20H20O9. The summed E-state index contributed by atoms with van der Waals surface area (Å²) in [6.07, 6.45) is -2.82. The van der Waals surface area contributed by atoms with Crippen molar-refractivity contribution in [3.8, 4) is 0 Å². The molecule has 0 spiro atoms. The zero-order chi connectivity index (χ0) is 22.0. The van der Waals surface area contributed by atoms with Crippen molar-refractivity contribution >= 4 is 23.7 Å². The number of Topliss-reactive ketones (excluding diaryl/α,β-unsaturated/α-hetero) is 1. The number of hydrogen-bond acceptors (Lipinski definition) is 7. The number of carbonyl (C=O) groups excluding carboxylic acids is 2. The molecule has 0 heterocycles. The normalized spacial score (nSPS) is 13.1. The second kappa shape index (κ2) is 10.7. The van der Waals surface area contributed by atoms with Crippen molar-refractivity contribution in [2.45, 2.75) is 18.6 Å². The van der Waals surface area contributed by atoms with Gasteiger partial charge in [-0.05, 0) is 19.1 Å². The van der Waals surface area contributed by atoms with Crippen molar-refractivity contribution in [3.63, 3.8) is 0 Å². The van der Waals surface area contributed by atoms with Crippen molar-refractivity contribution in [1.82, 2.24) is 0 Å². The Balaban J connectivity index is 0.00000132. The minimum Gasteiger partial charge on any atom is -0.479 e. The number of aliphatic hydroxyl groups is 2. The molecule has 0 aliphatic rings. The summed E-state index contributed by atoms with van der Waals surface area (Å²) >= 11 is 0. The van der Waals surface area contributed by atoms with Gasteiger partial charge in [0.2, 0.25) is 11.9 Å². The number of hydrogen-bond donors (Lipinski definition) is 4. The van der Waals surface area contributed by atoms with Crippen LogP contribution in [0.25, 0.3) is 0 Å². The van der Waals surface area contributed by atoms with Gasteiger partial charge in [0.15, 0.2) is 0 Å². The Bertz CT molecular complexity index is 849. The maximum atomic E-state index is 12.7. The summed E-state index contributed by atoms with van der Waals surface area (Å²) in [5.41, 5.74) is -3.70. The van der Waals surface area contributed by atoms with Gasteiger partial charge in [0.1, 0.15) is 0 Å². The molecular weight excluding hydrogens is 384 g/mol. The van der Waals surface area contributed by atoms with Crippen LogP contribution in [0, 0.1) is 0 Å². The third kappa shape index (κ3) is 5.47. The number of aliphatic carboxylic acids is 2. The quantitative estimate of drug-likeness (QED) is 0.300. The molecule has 1 unspecified atom stereocenters. The van der Waals surface area contributed by atoms with Gasteiger partial charge < -0.3 is 25.2 Å². The molecule has 0 aromatic heterocycles. The Morgan fingerprint density at radius 1 is 0.897 bits per heavy atom. The van der Waals surface area contributed by atoms with Gasteiger partial charge in [-0.3, -0.25) is 4.79 Å². The first-order valence-corrected chi connectivity index (χ1v) is 8.35. The Kier molecular flexibility index (Phi) is 8.66. The minimum atomic E-state index is -3.35. The highest BCUT2D eigenvalue weighted by Gasteiger charge is 2.59. The van der Waals surface area contributed by atoms with E-state index < -0.39 is 35.4 Å². The average molecular weight is 404 g/mol. The molecule has 2 aromatic rings. The molecule has 0 fully saturated rings. The largest absolute Gasteiger partial charge is 0.479 e. The smallest absolute Gasteiger partial charge is 0.360 e. The molecule has 9 heteroatoms. The van der Waals surface area contributed by atoms with E-state index in [2.05, 4.69) is 0 Å². The van der Waals surface area contributed by atoms with Crippen LogP contribution in [-0.4, -0.2) is 62.4 Å². The van der Waals surface area contributed by atoms with Crippen LogP contribution in [0.2, 0.25) is 0 Å². The first-order chi connectivity index (χ1) is 13.7. The monoisotopic (exact) mass is 404 g/mol. The van der Waals surface area contributed by atoms with E-state index >= 15 is 0 Å². The molecule has 0 aliphatic carbocycles. The molecule has 0 saturated carbocycles. The van der Waals surface area contributed by atoms with Crippen molar-refractivity contribution < 1.29 is 44.3 Å². The number of esters is 1. The minimum absolute atomic E-state index is 0.114. The Morgan fingerprint density at radius 2 is 1.31 bits per heavy atom. The zero-order valence-electron chi connectivity index (χ0n) is 15.4. The highest BCUT2D eigenvalue weighted by Crippen LogP contribution is 2.25. The fraction of sp³-hybridized carbons (Fsp3) is 0.200. The molecule has 0 saturated heterocycles. The predicted octanol–water partition coefficient (Wildman–Crippen LogP) is 0.994. The predicted molar refractivity (Wildman–Crippen MR) is 99.4 cm³/mol. The van der Waals surface area contributed by atoms with E-state index in [1.165, 1.54) is 48.5 Å². The number of benzene rings is 2. The van der Waals surface area contributed by atoms with Gasteiger partial charge in [0.05, 0.1) is 5.56 Å². The van der Waals surface area contributed by atoms with Crippen molar-refractivity contribution in [1.29, 1.82) is 0 Å². The molecule has 2 atom stereocenters. The van der Waals surface area contributed by atoms with Crippen molar-refractivity contribution in [3.05, 3.63) is 71.8 Å². The van der Waals surface area contributed by atoms with Crippen LogP contribution in [-0.2, 0) is 14.3 Å². The highest BCUT2D eigenvalue weighted by molar-refractivity contribution is 6.19. The number of rotatable bonds is 7. The second-order valence-electron chi connectivity index (χ2n) is 5.55. The van der Waals surface area contributed by atoms with E-state index in [9.17, 15) is 29.4 Å². The lowest BCUT2D eigenvalue weighted by atomic mass is 9.87. The maximum absolute atomic E-state index is 12.7. The van der Waals surface area contributed by atoms with Gasteiger partial charge in [-0.15, -0.1) is 0 Å².